The lowest BCUT2D eigenvalue weighted by molar-refractivity contribution is 0.0950. The molecule has 0 saturated carbocycles. The molecule has 28 heavy (non-hydrogen) atoms. The van der Waals surface area contributed by atoms with Crippen LogP contribution >= 0.6 is 11.3 Å². The van der Waals surface area contributed by atoms with Crippen LogP contribution in [0, 0.1) is 0 Å². The van der Waals surface area contributed by atoms with E-state index in [1.54, 1.807) is 0 Å². The third-order valence-corrected chi connectivity index (χ3v) is 4.81. The van der Waals surface area contributed by atoms with E-state index in [-0.39, 0.29) is 17.3 Å². The van der Waals surface area contributed by atoms with Crippen LogP contribution in [0.2, 0.25) is 0 Å². The Morgan fingerprint density at radius 3 is 2.71 bits per heavy atom. The van der Waals surface area contributed by atoms with Gasteiger partial charge in [0, 0.05) is 10.4 Å². The van der Waals surface area contributed by atoms with Crippen LogP contribution in [0.5, 0.6) is 0 Å². The second-order valence-corrected chi connectivity index (χ2v) is 6.60. The van der Waals surface area contributed by atoms with E-state index in [1.165, 1.54) is 16.0 Å². The molecule has 0 fully saturated rings. The minimum Gasteiger partial charge on any atom is -0.378 e. The summed E-state index contributed by atoms with van der Waals surface area (Å²) in [6, 6.07) is 13.0. The molecule has 3 heterocycles. The van der Waals surface area contributed by atoms with Gasteiger partial charge < -0.3 is 5.73 Å². The van der Waals surface area contributed by atoms with E-state index >= 15 is 0 Å². The van der Waals surface area contributed by atoms with Gasteiger partial charge in [-0.15, -0.1) is 16.4 Å². The summed E-state index contributed by atoms with van der Waals surface area (Å²) >= 11 is 1.53. The lowest BCUT2D eigenvalue weighted by Gasteiger charge is -2.05. The van der Waals surface area contributed by atoms with Crippen LogP contribution in [0.3, 0.4) is 0 Å². The van der Waals surface area contributed by atoms with Crippen LogP contribution < -0.4 is 11.2 Å². The Balaban J connectivity index is 1.73. The number of anilines is 1. The van der Waals surface area contributed by atoms with Gasteiger partial charge in [-0.05, 0) is 28.7 Å². The van der Waals surface area contributed by atoms with Gasteiger partial charge >= 0.3 is 0 Å². The van der Waals surface area contributed by atoms with Gasteiger partial charge in [-0.25, -0.2) is 10.1 Å². The van der Waals surface area contributed by atoms with Crippen molar-refractivity contribution in [2.45, 2.75) is 6.92 Å². The molecule has 4 rings (SSSR count). The van der Waals surface area contributed by atoms with Crippen molar-refractivity contribution in [3.05, 3.63) is 58.4 Å². The number of hydrazone groups is 1. The summed E-state index contributed by atoms with van der Waals surface area (Å²) in [5.41, 5.74) is 10.1. The number of nitrogens with two attached hydrogens (primary N) is 1. The number of carbonyl (C=O) groups excluding carboxylic acids is 1. The molecule has 3 aromatic heterocycles. The molecule has 10 nitrogen and oxygen atoms in total. The fourth-order valence-corrected chi connectivity index (χ4v) is 3.18. The van der Waals surface area contributed by atoms with Crippen molar-refractivity contribution in [3.8, 4) is 17.1 Å². The second-order valence-electron chi connectivity index (χ2n) is 5.65. The second kappa shape index (κ2) is 7.40. The lowest BCUT2D eigenvalue weighted by atomic mass is 10.1. The SMILES string of the molecule is C/C(=N\NC(=O)c1nnn(-c2nonc2N)c1-c1ccccc1)c1cccs1. The van der Waals surface area contributed by atoms with E-state index in [0.717, 1.165) is 4.88 Å². The van der Waals surface area contributed by atoms with E-state index in [4.69, 9.17) is 5.73 Å². The average Bonchev–Trinajstić information content (AvgIpc) is 3.46. The normalized spacial score (nSPS) is 11.5. The van der Waals surface area contributed by atoms with E-state index in [0.29, 0.717) is 17.0 Å². The molecule has 0 aliphatic rings. The van der Waals surface area contributed by atoms with Gasteiger partial charge in [-0.3, -0.25) is 4.79 Å². The van der Waals surface area contributed by atoms with E-state index in [2.05, 4.69) is 35.8 Å². The molecule has 3 N–H and O–H groups in total. The molecule has 0 spiro atoms. The highest BCUT2D eigenvalue weighted by Gasteiger charge is 2.25. The zero-order valence-electron chi connectivity index (χ0n) is 14.6. The summed E-state index contributed by atoms with van der Waals surface area (Å²) in [5.74, 6) is -0.347. The van der Waals surface area contributed by atoms with Gasteiger partial charge in [0.05, 0.1) is 5.71 Å². The molecule has 4 aromatic rings. The molecular formula is C17H14N8O2S. The van der Waals surface area contributed by atoms with Crippen molar-refractivity contribution < 1.29 is 9.42 Å². The molecule has 0 bridgehead atoms. The summed E-state index contributed by atoms with van der Waals surface area (Å²) in [5, 5.41) is 21.4. The van der Waals surface area contributed by atoms with Crippen LogP contribution in [-0.2, 0) is 0 Å². The summed E-state index contributed by atoms with van der Waals surface area (Å²) in [6.45, 7) is 1.81. The van der Waals surface area contributed by atoms with E-state index in [9.17, 15) is 4.79 Å². The highest BCUT2D eigenvalue weighted by Crippen LogP contribution is 2.26. The standard InChI is InChI=1S/C17H14N8O2S/c1-10(12-8-5-9-28-12)19-21-17(26)13-14(11-6-3-2-4-7-11)25(24-20-13)16-15(18)22-27-23-16/h2-9H,1H3,(H2,18,22)(H,21,26)/b19-10+. The number of amides is 1. The molecule has 11 heteroatoms. The Hall–Kier alpha value is -3.86. The molecule has 0 aliphatic heterocycles. The number of nitrogen functional groups attached to an aromatic ring is 1. The Morgan fingerprint density at radius 2 is 2.04 bits per heavy atom. The first-order valence-electron chi connectivity index (χ1n) is 8.13. The van der Waals surface area contributed by atoms with Crippen LogP contribution in [0.25, 0.3) is 17.1 Å². The van der Waals surface area contributed by atoms with Gasteiger partial charge in [0.2, 0.25) is 11.6 Å². The highest BCUT2D eigenvalue weighted by molar-refractivity contribution is 7.12. The fraction of sp³-hybridized carbons (Fsp3) is 0.0588. The third kappa shape index (κ3) is 3.25. The number of benzene rings is 1. The van der Waals surface area contributed by atoms with Gasteiger partial charge in [-0.2, -0.15) is 9.78 Å². The number of rotatable bonds is 5. The fourth-order valence-electron chi connectivity index (χ4n) is 2.50. The molecule has 1 amide bonds. The molecule has 0 unspecified atom stereocenters. The Labute approximate surface area is 162 Å². The highest BCUT2D eigenvalue weighted by atomic mass is 32.1. The maximum Gasteiger partial charge on any atom is 0.294 e. The van der Waals surface area contributed by atoms with Gasteiger partial charge in [0.15, 0.2) is 5.69 Å². The zero-order valence-corrected chi connectivity index (χ0v) is 15.4. The minimum atomic E-state index is -0.518. The van der Waals surface area contributed by atoms with E-state index in [1.807, 2.05) is 54.8 Å². The first kappa shape index (κ1) is 17.5. The first-order chi connectivity index (χ1) is 13.6. The van der Waals surface area contributed by atoms with E-state index < -0.39 is 5.91 Å². The quantitative estimate of drug-likeness (QED) is 0.390. The van der Waals surface area contributed by atoms with Gasteiger partial charge in [0.25, 0.3) is 5.91 Å². The van der Waals surface area contributed by atoms with Crippen LogP contribution in [0.1, 0.15) is 22.3 Å². The number of hydrogen-bond acceptors (Lipinski definition) is 9. The zero-order chi connectivity index (χ0) is 19.5. The number of aromatic nitrogens is 5. The summed E-state index contributed by atoms with van der Waals surface area (Å²) in [6.07, 6.45) is 0. The smallest absolute Gasteiger partial charge is 0.294 e. The lowest BCUT2D eigenvalue weighted by Crippen LogP contribution is -2.20. The average molecular weight is 394 g/mol. The maximum absolute atomic E-state index is 12.8. The number of thiophene rings is 1. The number of nitrogens with one attached hydrogen (secondary N) is 1. The van der Waals surface area contributed by atoms with Crippen molar-refractivity contribution in [1.82, 2.24) is 30.7 Å². The monoisotopic (exact) mass is 394 g/mol. The minimum absolute atomic E-state index is 0.0283. The van der Waals surface area contributed by atoms with Crippen molar-refractivity contribution in [3.63, 3.8) is 0 Å². The number of carbonyl (C=O) groups is 1. The molecule has 0 atom stereocenters. The van der Waals surface area contributed by atoms with Crippen LogP contribution in [0.4, 0.5) is 5.82 Å². The predicted molar refractivity (Wildman–Crippen MR) is 103 cm³/mol. The Morgan fingerprint density at radius 1 is 1.21 bits per heavy atom. The summed E-state index contributed by atoms with van der Waals surface area (Å²) < 4.78 is 5.96. The van der Waals surface area contributed by atoms with Crippen molar-refractivity contribution in [2.24, 2.45) is 5.10 Å². The van der Waals surface area contributed by atoms with Crippen molar-refractivity contribution in [2.75, 3.05) is 5.73 Å². The summed E-state index contributed by atoms with van der Waals surface area (Å²) in [7, 11) is 0. The molecule has 0 aliphatic carbocycles. The molecule has 0 radical (unpaired) electrons. The third-order valence-electron chi connectivity index (χ3n) is 3.83. The van der Waals surface area contributed by atoms with Crippen molar-refractivity contribution >= 4 is 28.8 Å². The first-order valence-corrected chi connectivity index (χ1v) is 9.01. The predicted octanol–water partition coefficient (Wildman–Crippen LogP) is 2.11. The van der Waals surface area contributed by atoms with Gasteiger partial charge in [-0.1, -0.05) is 41.6 Å². The molecule has 1 aromatic carbocycles. The van der Waals surface area contributed by atoms with Crippen LogP contribution in [0.15, 0.2) is 57.6 Å². The molecule has 140 valence electrons. The summed E-state index contributed by atoms with van der Waals surface area (Å²) in [4.78, 5) is 13.7. The number of nitrogens with zero attached hydrogens (tertiary/aromatic N) is 6. The molecule has 0 saturated heterocycles. The van der Waals surface area contributed by atoms with Crippen LogP contribution in [-0.4, -0.2) is 36.9 Å². The Kier molecular flexibility index (Phi) is 4.64. The van der Waals surface area contributed by atoms with Gasteiger partial charge in [0.1, 0.15) is 5.69 Å². The largest absolute Gasteiger partial charge is 0.378 e. The number of hydrogen-bond donors (Lipinski definition) is 2. The maximum atomic E-state index is 12.8. The Bertz CT molecular complexity index is 1130. The topological polar surface area (TPSA) is 137 Å². The van der Waals surface area contributed by atoms with Crippen molar-refractivity contribution in [1.29, 1.82) is 0 Å². The molecular weight excluding hydrogens is 380 g/mol.